The van der Waals surface area contributed by atoms with Crippen molar-refractivity contribution in [2.45, 2.75) is 49.6 Å². The minimum absolute atomic E-state index is 0.116. The van der Waals surface area contributed by atoms with E-state index in [4.69, 9.17) is 0 Å². The van der Waals surface area contributed by atoms with Crippen molar-refractivity contribution >= 4 is 15.7 Å². The molecule has 0 aromatic heterocycles. The molecule has 2 atom stereocenters. The molecule has 1 aliphatic rings. The summed E-state index contributed by atoms with van der Waals surface area (Å²) in [4.78, 5) is 10.0. The molecular weight excluding hydrogens is 296 g/mol. The van der Waals surface area contributed by atoms with Crippen LogP contribution in [0.1, 0.15) is 31.2 Å². The SMILES string of the molecule is Cc1ccc([N+](=O)[O-])cc1S(=O)(=O)NC1CCCCC1O. The van der Waals surface area contributed by atoms with Crippen LogP contribution in [0.3, 0.4) is 0 Å². The maximum Gasteiger partial charge on any atom is 0.270 e. The number of sulfonamides is 1. The van der Waals surface area contributed by atoms with Crippen LogP contribution in [0, 0.1) is 17.0 Å². The van der Waals surface area contributed by atoms with Crippen LogP contribution in [-0.4, -0.2) is 30.6 Å². The third-order valence-electron chi connectivity index (χ3n) is 3.71. The second-order valence-electron chi connectivity index (χ2n) is 5.29. The van der Waals surface area contributed by atoms with Gasteiger partial charge in [0.15, 0.2) is 0 Å². The quantitative estimate of drug-likeness (QED) is 0.646. The Bertz CT molecular complexity index is 644. The fourth-order valence-corrected chi connectivity index (χ4v) is 4.07. The van der Waals surface area contributed by atoms with Gasteiger partial charge in [0.05, 0.1) is 15.9 Å². The van der Waals surface area contributed by atoms with Crippen LogP contribution in [0.2, 0.25) is 0 Å². The molecular formula is C13H18N2O5S. The Morgan fingerprint density at radius 2 is 2.00 bits per heavy atom. The molecule has 0 spiro atoms. The number of aryl methyl sites for hydroxylation is 1. The summed E-state index contributed by atoms with van der Waals surface area (Å²) in [5.74, 6) is 0. The zero-order valence-corrected chi connectivity index (χ0v) is 12.5. The van der Waals surface area contributed by atoms with Gasteiger partial charge < -0.3 is 5.11 Å². The van der Waals surface area contributed by atoms with Gasteiger partial charge in [0.1, 0.15) is 0 Å². The maximum absolute atomic E-state index is 12.4. The smallest absolute Gasteiger partial charge is 0.270 e. The second kappa shape index (κ2) is 6.08. The number of nitro groups is 1. The summed E-state index contributed by atoms with van der Waals surface area (Å²) in [5.41, 5.74) is 0.156. The molecule has 0 bridgehead atoms. The number of nitrogens with one attached hydrogen (secondary N) is 1. The second-order valence-corrected chi connectivity index (χ2v) is 6.97. The summed E-state index contributed by atoms with van der Waals surface area (Å²) in [6.07, 6.45) is 2.12. The van der Waals surface area contributed by atoms with Gasteiger partial charge >= 0.3 is 0 Å². The average molecular weight is 314 g/mol. The van der Waals surface area contributed by atoms with Crippen molar-refractivity contribution in [2.24, 2.45) is 0 Å². The summed E-state index contributed by atoms with van der Waals surface area (Å²) >= 11 is 0. The molecule has 0 heterocycles. The van der Waals surface area contributed by atoms with Crippen LogP contribution in [0.25, 0.3) is 0 Å². The molecule has 1 fully saturated rings. The van der Waals surface area contributed by atoms with E-state index < -0.39 is 27.1 Å². The van der Waals surface area contributed by atoms with Gasteiger partial charge in [0.2, 0.25) is 10.0 Å². The first kappa shape index (κ1) is 15.9. The molecule has 2 N–H and O–H groups in total. The monoisotopic (exact) mass is 314 g/mol. The fraction of sp³-hybridized carbons (Fsp3) is 0.538. The van der Waals surface area contributed by atoms with Crippen molar-refractivity contribution in [2.75, 3.05) is 0 Å². The number of benzene rings is 1. The van der Waals surface area contributed by atoms with Gasteiger partial charge in [0, 0.05) is 18.2 Å². The van der Waals surface area contributed by atoms with Gasteiger partial charge in [-0.1, -0.05) is 18.9 Å². The van der Waals surface area contributed by atoms with Crippen molar-refractivity contribution in [3.8, 4) is 0 Å². The van der Waals surface area contributed by atoms with Crippen LogP contribution >= 0.6 is 0 Å². The highest BCUT2D eigenvalue weighted by molar-refractivity contribution is 7.89. The lowest BCUT2D eigenvalue weighted by Gasteiger charge is -2.28. The van der Waals surface area contributed by atoms with E-state index in [9.17, 15) is 23.6 Å². The zero-order chi connectivity index (χ0) is 15.6. The molecule has 1 aromatic carbocycles. The lowest BCUT2D eigenvalue weighted by atomic mass is 9.93. The highest BCUT2D eigenvalue weighted by atomic mass is 32.2. The van der Waals surface area contributed by atoms with Crippen molar-refractivity contribution < 1.29 is 18.4 Å². The summed E-state index contributed by atoms with van der Waals surface area (Å²) in [6.45, 7) is 1.58. The van der Waals surface area contributed by atoms with E-state index >= 15 is 0 Å². The number of non-ortho nitro benzene ring substituents is 1. The Balaban J connectivity index is 2.30. The van der Waals surface area contributed by atoms with Crippen molar-refractivity contribution in [1.82, 2.24) is 4.72 Å². The number of aliphatic hydroxyl groups is 1. The minimum Gasteiger partial charge on any atom is -0.391 e. The highest BCUT2D eigenvalue weighted by Gasteiger charge is 2.29. The Morgan fingerprint density at radius 3 is 2.62 bits per heavy atom. The van der Waals surface area contributed by atoms with Crippen LogP contribution < -0.4 is 4.72 Å². The molecule has 1 saturated carbocycles. The summed E-state index contributed by atoms with van der Waals surface area (Å²) < 4.78 is 27.3. The maximum atomic E-state index is 12.4. The first-order valence-corrected chi connectivity index (χ1v) is 8.25. The van der Waals surface area contributed by atoms with Crippen molar-refractivity contribution in [3.63, 3.8) is 0 Å². The van der Waals surface area contributed by atoms with Gasteiger partial charge in [-0.25, -0.2) is 13.1 Å². The van der Waals surface area contributed by atoms with E-state index in [0.29, 0.717) is 18.4 Å². The van der Waals surface area contributed by atoms with E-state index in [2.05, 4.69) is 4.72 Å². The fourth-order valence-electron chi connectivity index (χ4n) is 2.50. The first-order chi connectivity index (χ1) is 9.81. The van der Waals surface area contributed by atoms with Crippen molar-refractivity contribution in [1.29, 1.82) is 0 Å². The lowest BCUT2D eigenvalue weighted by Crippen LogP contribution is -2.45. The molecule has 2 rings (SSSR count). The molecule has 1 aromatic rings. The molecule has 7 nitrogen and oxygen atoms in total. The molecule has 2 unspecified atom stereocenters. The van der Waals surface area contributed by atoms with Gasteiger partial charge in [-0.2, -0.15) is 0 Å². The summed E-state index contributed by atoms with van der Waals surface area (Å²) in [7, 11) is -3.89. The third kappa shape index (κ3) is 3.58. The molecule has 0 amide bonds. The predicted molar refractivity (Wildman–Crippen MR) is 76.4 cm³/mol. The van der Waals surface area contributed by atoms with Crippen LogP contribution in [0.4, 0.5) is 5.69 Å². The van der Waals surface area contributed by atoms with E-state index in [0.717, 1.165) is 18.9 Å². The topological polar surface area (TPSA) is 110 Å². The number of nitrogens with zero attached hydrogens (tertiary/aromatic N) is 1. The standard InChI is InChI=1S/C13H18N2O5S/c1-9-6-7-10(15(17)18)8-13(9)21(19,20)14-11-4-2-3-5-12(11)16/h6-8,11-12,14,16H,2-5H2,1H3. The van der Waals surface area contributed by atoms with E-state index in [1.807, 2.05) is 0 Å². The number of rotatable bonds is 4. The minimum atomic E-state index is -3.89. The average Bonchev–Trinajstić information content (AvgIpc) is 2.41. The largest absolute Gasteiger partial charge is 0.391 e. The molecule has 116 valence electrons. The molecule has 0 saturated heterocycles. The van der Waals surface area contributed by atoms with Gasteiger partial charge in [-0.15, -0.1) is 0 Å². The number of hydrogen-bond donors (Lipinski definition) is 2. The van der Waals surface area contributed by atoms with Gasteiger partial charge in [-0.3, -0.25) is 10.1 Å². The third-order valence-corrected chi connectivity index (χ3v) is 5.34. The Labute approximate surface area is 123 Å². The Morgan fingerprint density at radius 1 is 1.33 bits per heavy atom. The van der Waals surface area contributed by atoms with Crippen LogP contribution in [0.15, 0.2) is 23.1 Å². The molecule has 1 aliphatic carbocycles. The van der Waals surface area contributed by atoms with Gasteiger partial charge in [0.25, 0.3) is 5.69 Å². The first-order valence-electron chi connectivity index (χ1n) is 6.77. The molecule has 21 heavy (non-hydrogen) atoms. The Hall–Kier alpha value is -1.51. The number of aliphatic hydroxyl groups excluding tert-OH is 1. The normalized spacial score (nSPS) is 23.0. The van der Waals surface area contributed by atoms with E-state index in [1.54, 1.807) is 6.92 Å². The van der Waals surface area contributed by atoms with Crippen LogP contribution in [0.5, 0.6) is 0 Å². The van der Waals surface area contributed by atoms with Gasteiger partial charge in [-0.05, 0) is 25.3 Å². The number of hydrogen-bond acceptors (Lipinski definition) is 5. The van der Waals surface area contributed by atoms with Crippen molar-refractivity contribution in [3.05, 3.63) is 33.9 Å². The lowest BCUT2D eigenvalue weighted by molar-refractivity contribution is -0.385. The summed E-state index contributed by atoms with van der Waals surface area (Å²) in [6, 6.07) is 3.18. The Kier molecular flexibility index (Phi) is 4.60. The van der Waals surface area contributed by atoms with E-state index in [-0.39, 0.29) is 10.6 Å². The molecule has 8 heteroatoms. The number of nitro benzene ring substituents is 1. The molecule has 0 radical (unpaired) electrons. The zero-order valence-electron chi connectivity index (χ0n) is 11.7. The predicted octanol–water partition coefficient (Wildman–Crippen LogP) is 1.49. The van der Waals surface area contributed by atoms with Crippen LogP contribution in [-0.2, 0) is 10.0 Å². The summed E-state index contributed by atoms with van der Waals surface area (Å²) in [5, 5.41) is 20.6. The molecule has 0 aliphatic heterocycles. The van der Waals surface area contributed by atoms with E-state index in [1.165, 1.54) is 12.1 Å². The highest BCUT2D eigenvalue weighted by Crippen LogP contribution is 2.24.